The topological polar surface area (TPSA) is 75.3 Å². The third-order valence-corrected chi connectivity index (χ3v) is 3.90. The van der Waals surface area contributed by atoms with Crippen LogP contribution >= 0.6 is 0 Å². The van der Waals surface area contributed by atoms with Gasteiger partial charge in [-0.3, -0.25) is 4.79 Å². The molecule has 1 aromatic rings. The Morgan fingerprint density at radius 1 is 1.26 bits per heavy atom. The summed E-state index contributed by atoms with van der Waals surface area (Å²) >= 11 is 0. The van der Waals surface area contributed by atoms with E-state index in [9.17, 15) is 9.90 Å². The van der Waals surface area contributed by atoms with Gasteiger partial charge in [0.25, 0.3) is 5.91 Å². The minimum Gasteiger partial charge on any atom is -0.398 e. The highest BCUT2D eigenvalue weighted by atomic mass is 16.3. The lowest BCUT2D eigenvalue weighted by molar-refractivity contribution is 0.0717. The van der Waals surface area contributed by atoms with Crippen molar-refractivity contribution in [2.24, 2.45) is 0 Å². The average molecular weight is 262 g/mol. The lowest BCUT2D eigenvalue weighted by atomic mass is 9.92. The van der Waals surface area contributed by atoms with Crippen molar-refractivity contribution in [1.82, 2.24) is 5.32 Å². The Kier molecular flexibility index (Phi) is 4.10. The van der Waals surface area contributed by atoms with Crippen molar-refractivity contribution in [2.75, 3.05) is 5.73 Å². The molecule has 2 atom stereocenters. The second kappa shape index (κ2) is 5.61. The van der Waals surface area contributed by atoms with Crippen LogP contribution in [0.4, 0.5) is 5.69 Å². The summed E-state index contributed by atoms with van der Waals surface area (Å²) in [5.74, 6) is -0.143. The summed E-state index contributed by atoms with van der Waals surface area (Å²) in [5, 5.41) is 12.8. The third kappa shape index (κ3) is 3.07. The summed E-state index contributed by atoms with van der Waals surface area (Å²) in [5.41, 5.74) is 8.97. The van der Waals surface area contributed by atoms with Crippen LogP contribution in [0.5, 0.6) is 0 Å². The Labute approximate surface area is 114 Å². The molecule has 4 nitrogen and oxygen atoms in total. The van der Waals surface area contributed by atoms with E-state index in [1.54, 1.807) is 6.07 Å². The normalized spacial score (nSPS) is 23.1. The summed E-state index contributed by atoms with van der Waals surface area (Å²) in [6.07, 6.45) is 3.26. The molecule has 0 spiro atoms. The maximum absolute atomic E-state index is 12.3. The molecule has 104 valence electrons. The van der Waals surface area contributed by atoms with Crippen molar-refractivity contribution >= 4 is 11.6 Å². The Bertz CT molecular complexity index is 485. The molecule has 4 N–H and O–H groups in total. The van der Waals surface area contributed by atoms with E-state index in [1.807, 2.05) is 19.9 Å². The van der Waals surface area contributed by atoms with E-state index in [0.717, 1.165) is 36.8 Å². The fourth-order valence-corrected chi connectivity index (χ4v) is 2.64. The highest BCUT2D eigenvalue weighted by molar-refractivity contribution is 5.97. The molecule has 1 aliphatic carbocycles. The molecule has 2 rings (SSSR count). The molecule has 1 aromatic carbocycles. The number of benzene rings is 1. The first-order chi connectivity index (χ1) is 8.99. The second-order valence-electron chi connectivity index (χ2n) is 5.46. The Morgan fingerprint density at radius 3 is 2.63 bits per heavy atom. The molecular formula is C15H22N2O2. The molecule has 19 heavy (non-hydrogen) atoms. The van der Waals surface area contributed by atoms with Gasteiger partial charge < -0.3 is 16.2 Å². The fraction of sp³-hybridized carbons (Fsp3) is 0.533. The lowest BCUT2D eigenvalue weighted by Gasteiger charge is -2.28. The quantitative estimate of drug-likeness (QED) is 0.713. The van der Waals surface area contributed by atoms with E-state index >= 15 is 0 Å². The van der Waals surface area contributed by atoms with Gasteiger partial charge in [-0.2, -0.15) is 0 Å². The van der Waals surface area contributed by atoms with Gasteiger partial charge in [0.2, 0.25) is 0 Å². The zero-order chi connectivity index (χ0) is 14.0. The number of anilines is 1. The zero-order valence-electron chi connectivity index (χ0n) is 11.6. The zero-order valence-corrected chi connectivity index (χ0v) is 11.6. The summed E-state index contributed by atoms with van der Waals surface area (Å²) in [7, 11) is 0. The summed E-state index contributed by atoms with van der Waals surface area (Å²) in [6.45, 7) is 3.83. The molecular weight excluding hydrogens is 240 g/mol. The van der Waals surface area contributed by atoms with Crippen molar-refractivity contribution < 1.29 is 9.90 Å². The number of hydrogen-bond acceptors (Lipinski definition) is 3. The number of aliphatic hydroxyl groups excluding tert-OH is 1. The molecule has 1 saturated carbocycles. The molecule has 0 saturated heterocycles. The number of nitrogens with two attached hydrogens (primary N) is 1. The first-order valence-electron chi connectivity index (χ1n) is 6.84. The van der Waals surface area contributed by atoms with Crippen molar-refractivity contribution in [3.05, 3.63) is 28.8 Å². The van der Waals surface area contributed by atoms with Gasteiger partial charge in [0.1, 0.15) is 0 Å². The van der Waals surface area contributed by atoms with Crippen LogP contribution in [0.1, 0.15) is 47.2 Å². The van der Waals surface area contributed by atoms with Crippen LogP contribution in [0.25, 0.3) is 0 Å². The van der Waals surface area contributed by atoms with E-state index in [2.05, 4.69) is 5.32 Å². The number of nitrogen functional groups attached to an aromatic ring is 1. The minimum absolute atomic E-state index is 0.136. The van der Waals surface area contributed by atoms with Gasteiger partial charge in [0.05, 0.1) is 12.1 Å². The van der Waals surface area contributed by atoms with E-state index < -0.39 is 6.10 Å². The van der Waals surface area contributed by atoms with Gasteiger partial charge in [-0.05, 0) is 43.9 Å². The number of hydrogen-bond donors (Lipinski definition) is 3. The standard InChI is InChI=1S/C15H22N2O2/c1-9-7-10(2)12(16)8-11(9)15(19)17-13-5-3-4-6-14(13)18/h7-8,13-14,18H,3-6,16H2,1-2H3,(H,17,19). The molecule has 1 fully saturated rings. The number of aryl methyl sites for hydroxylation is 2. The summed E-state index contributed by atoms with van der Waals surface area (Å²) in [4.78, 5) is 12.3. The number of nitrogens with one attached hydrogen (secondary N) is 1. The largest absolute Gasteiger partial charge is 0.398 e. The molecule has 0 heterocycles. The van der Waals surface area contributed by atoms with Crippen molar-refractivity contribution in [3.63, 3.8) is 0 Å². The van der Waals surface area contributed by atoms with Gasteiger partial charge in [-0.1, -0.05) is 18.9 Å². The molecule has 4 heteroatoms. The van der Waals surface area contributed by atoms with Crippen molar-refractivity contribution in [1.29, 1.82) is 0 Å². The number of carbonyl (C=O) groups excluding carboxylic acids is 1. The van der Waals surface area contributed by atoms with Crippen LogP contribution in [0.15, 0.2) is 12.1 Å². The Hall–Kier alpha value is -1.55. The van der Waals surface area contributed by atoms with E-state index in [1.165, 1.54) is 0 Å². The predicted molar refractivity (Wildman–Crippen MR) is 76.1 cm³/mol. The van der Waals surface area contributed by atoms with Gasteiger partial charge in [0.15, 0.2) is 0 Å². The SMILES string of the molecule is Cc1cc(C)c(C(=O)NC2CCCCC2O)cc1N. The molecule has 0 aliphatic heterocycles. The van der Waals surface area contributed by atoms with Crippen LogP contribution in [-0.4, -0.2) is 23.2 Å². The third-order valence-electron chi connectivity index (χ3n) is 3.90. The molecule has 0 radical (unpaired) electrons. The van der Waals surface area contributed by atoms with Gasteiger partial charge in [-0.15, -0.1) is 0 Å². The number of amides is 1. The van der Waals surface area contributed by atoms with E-state index in [4.69, 9.17) is 5.73 Å². The smallest absolute Gasteiger partial charge is 0.251 e. The summed E-state index contributed by atoms with van der Waals surface area (Å²) < 4.78 is 0. The maximum Gasteiger partial charge on any atom is 0.251 e. The highest BCUT2D eigenvalue weighted by Crippen LogP contribution is 2.21. The van der Waals surface area contributed by atoms with Gasteiger partial charge in [0, 0.05) is 11.3 Å². The molecule has 2 unspecified atom stereocenters. The Balaban J connectivity index is 2.13. The Morgan fingerprint density at radius 2 is 1.95 bits per heavy atom. The minimum atomic E-state index is -0.430. The van der Waals surface area contributed by atoms with E-state index in [-0.39, 0.29) is 11.9 Å². The van der Waals surface area contributed by atoms with Crippen LogP contribution < -0.4 is 11.1 Å². The van der Waals surface area contributed by atoms with Crippen LogP contribution in [0, 0.1) is 13.8 Å². The molecule has 1 aliphatic rings. The first kappa shape index (κ1) is 13.9. The number of carbonyl (C=O) groups is 1. The van der Waals surface area contributed by atoms with Crippen molar-refractivity contribution in [2.45, 2.75) is 51.7 Å². The number of rotatable bonds is 2. The molecule has 1 amide bonds. The lowest BCUT2D eigenvalue weighted by Crippen LogP contribution is -2.45. The summed E-state index contributed by atoms with van der Waals surface area (Å²) in [6, 6.07) is 3.50. The number of aliphatic hydroxyl groups is 1. The predicted octanol–water partition coefficient (Wildman–Crippen LogP) is 1.92. The average Bonchev–Trinajstić information content (AvgIpc) is 2.36. The molecule has 0 bridgehead atoms. The van der Waals surface area contributed by atoms with E-state index in [0.29, 0.717) is 11.3 Å². The fourth-order valence-electron chi connectivity index (χ4n) is 2.64. The van der Waals surface area contributed by atoms with Crippen molar-refractivity contribution in [3.8, 4) is 0 Å². The highest BCUT2D eigenvalue weighted by Gasteiger charge is 2.25. The first-order valence-corrected chi connectivity index (χ1v) is 6.84. The van der Waals surface area contributed by atoms with Crippen LogP contribution in [-0.2, 0) is 0 Å². The second-order valence-corrected chi connectivity index (χ2v) is 5.46. The van der Waals surface area contributed by atoms with Gasteiger partial charge >= 0.3 is 0 Å². The van der Waals surface area contributed by atoms with Gasteiger partial charge in [-0.25, -0.2) is 0 Å². The van der Waals surface area contributed by atoms with Crippen LogP contribution in [0.2, 0.25) is 0 Å². The molecule has 0 aromatic heterocycles. The monoisotopic (exact) mass is 262 g/mol. The maximum atomic E-state index is 12.3. The van der Waals surface area contributed by atoms with Crippen LogP contribution in [0.3, 0.4) is 0 Å².